The van der Waals surface area contributed by atoms with Crippen LogP contribution in [0.3, 0.4) is 0 Å². The number of carbonyl (C=O) groups is 1. The third kappa shape index (κ3) is 4.65. The summed E-state index contributed by atoms with van der Waals surface area (Å²) in [7, 11) is 0. The molecule has 2 aromatic carbocycles. The molecule has 0 unspecified atom stereocenters. The summed E-state index contributed by atoms with van der Waals surface area (Å²) in [5.41, 5.74) is 6.64. The molecule has 1 amide bonds. The maximum atomic E-state index is 12.7. The Morgan fingerprint density at radius 2 is 1.95 bits per heavy atom. The topological polar surface area (TPSA) is 64.3 Å². The highest BCUT2D eigenvalue weighted by molar-refractivity contribution is 6.31. The molecule has 4 nitrogen and oxygen atoms in total. The zero-order valence-corrected chi connectivity index (χ0v) is 11.9. The molecule has 6 heteroatoms. The van der Waals surface area contributed by atoms with Crippen molar-refractivity contribution in [2.75, 3.05) is 17.7 Å². The summed E-state index contributed by atoms with van der Waals surface area (Å²) in [6.07, 6.45) is 0.152. The third-order valence-corrected chi connectivity index (χ3v) is 2.93. The van der Waals surface area contributed by atoms with Gasteiger partial charge in [0.05, 0.1) is 24.4 Å². The molecule has 0 aliphatic rings. The quantitative estimate of drug-likeness (QED) is 0.831. The number of nitrogen functional groups attached to an aromatic ring is 1. The van der Waals surface area contributed by atoms with Crippen LogP contribution in [0.2, 0.25) is 5.02 Å². The van der Waals surface area contributed by atoms with Crippen molar-refractivity contribution in [2.24, 2.45) is 0 Å². The van der Waals surface area contributed by atoms with E-state index in [-0.39, 0.29) is 24.8 Å². The van der Waals surface area contributed by atoms with E-state index in [9.17, 15) is 9.18 Å². The molecule has 0 spiro atoms. The molecule has 3 N–H and O–H groups in total. The Balaban J connectivity index is 1.81. The van der Waals surface area contributed by atoms with Crippen LogP contribution in [0, 0.1) is 5.82 Å². The molecular weight excluding hydrogens is 295 g/mol. The number of hydrogen-bond acceptors (Lipinski definition) is 3. The summed E-state index contributed by atoms with van der Waals surface area (Å²) >= 11 is 5.78. The van der Waals surface area contributed by atoms with E-state index >= 15 is 0 Å². The molecule has 0 bridgehead atoms. The van der Waals surface area contributed by atoms with Gasteiger partial charge in [0.2, 0.25) is 5.91 Å². The molecule has 21 heavy (non-hydrogen) atoms. The van der Waals surface area contributed by atoms with Gasteiger partial charge in [-0.2, -0.15) is 0 Å². The standard InChI is InChI=1S/C15H14ClFN2O2/c16-10-1-6-14(13(18)9-10)19-15(20)7-8-21-12-4-2-11(17)3-5-12/h1-6,9H,7-8,18H2,(H,19,20). The fourth-order valence-electron chi connectivity index (χ4n) is 1.65. The number of carbonyl (C=O) groups excluding carboxylic acids is 1. The second-order valence-corrected chi connectivity index (χ2v) is 4.77. The van der Waals surface area contributed by atoms with E-state index in [1.54, 1.807) is 18.2 Å². The van der Waals surface area contributed by atoms with E-state index in [1.165, 1.54) is 24.3 Å². The second kappa shape index (κ2) is 6.95. The lowest BCUT2D eigenvalue weighted by Gasteiger charge is -2.09. The summed E-state index contributed by atoms with van der Waals surface area (Å²) in [5, 5.41) is 3.17. The van der Waals surface area contributed by atoms with Crippen LogP contribution in [-0.2, 0) is 4.79 Å². The molecular formula is C15H14ClFN2O2. The van der Waals surface area contributed by atoms with Crippen molar-refractivity contribution in [2.45, 2.75) is 6.42 Å². The number of ether oxygens (including phenoxy) is 1. The first-order chi connectivity index (χ1) is 10.0. The van der Waals surface area contributed by atoms with Gasteiger partial charge in [0.1, 0.15) is 11.6 Å². The Hall–Kier alpha value is -2.27. The Morgan fingerprint density at radius 3 is 2.62 bits per heavy atom. The monoisotopic (exact) mass is 308 g/mol. The number of anilines is 2. The summed E-state index contributed by atoms with van der Waals surface area (Å²) in [5.74, 6) is -0.0559. The fraction of sp³-hybridized carbons (Fsp3) is 0.133. The number of nitrogens with one attached hydrogen (secondary N) is 1. The Morgan fingerprint density at radius 1 is 1.24 bits per heavy atom. The van der Waals surface area contributed by atoms with Crippen molar-refractivity contribution in [3.8, 4) is 5.75 Å². The van der Waals surface area contributed by atoms with Crippen molar-refractivity contribution in [1.82, 2.24) is 0 Å². The highest BCUT2D eigenvalue weighted by Crippen LogP contribution is 2.22. The highest BCUT2D eigenvalue weighted by Gasteiger charge is 2.06. The van der Waals surface area contributed by atoms with Crippen LogP contribution in [0.1, 0.15) is 6.42 Å². The number of halogens is 2. The molecule has 2 aromatic rings. The van der Waals surface area contributed by atoms with Gasteiger partial charge >= 0.3 is 0 Å². The largest absolute Gasteiger partial charge is 0.493 e. The van der Waals surface area contributed by atoms with Gasteiger partial charge in [-0.25, -0.2) is 4.39 Å². The van der Waals surface area contributed by atoms with E-state index < -0.39 is 0 Å². The lowest BCUT2D eigenvalue weighted by atomic mass is 10.2. The SMILES string of the molecule is Nc1cc(Cl)ccc1NC(=O)CCOc1ccc(F)cc1. The summed E-state index contributed by atoms with van der Waals surface area (Å²) in [6.45, 7) is 0.185. The molecule has 0 aromatic heterocycles. The van der Waals surface area contributed by atoms with Crippen molar-refractivity contribution >= 4 is 28.9 Å². The molecule has 0 saturated carbocycles. The van der Waals surface area contributed by atoms with E-state index in [2.05, 4.69) is 5.32 Å². The average molecular weight is 309 g/mol. The maximum Gasteiger partial charge on any atom is 0.227 e. The van der Waals surface area contributed by atoms with Crippen molar-refractivity contribution in [3.05, 3.63) is 53.3 Å². The van der Waals surface area contributed by atoms with Gasteiger partial charge in [-0.05, 0) is 42.5 Å². The van der Waals surface area contributed by atoms with E-state index in [0.717, 1.165) is 0 Å². The molecule has 2 rings (SSSR count). The molecule has 110 valence electrons. The Labute approximate surface area is 126 Å². The number of hydrogen-bond donors (Lipinski definition) is 2. The fourth-order valence-corrected chi connectivity index (χ4v) is 1.83. The zero-order valence-electron chi connectivity index (χ0n) is 11.1. The van der Waals surface area contributed by atoms with Gasteiger partial charge in [-0.3, -0.25) is 4.79 Å². The minimum atomic E-state index is -0.335. The molecule has 0 aliphatic carbocycles. The van der Waals surface area contributed by atoms with Crippen LogP contribution < -0.4 is 15.8 Å². The minimum Gasteiger partial charge on any atom is -0.493 e. The van der Waals surface area contributed by atoms with Gasteiger partial charge in [0.25, 0.3) is 0 Å². The normalized spacial score (nSPS) is 10.2. The lowest BCUT2D eigenvalue weighted by molar-refractivity contribution is -0.116. The van der Waals surface area contributed by atoms with Gasteiger partial charge in [-0.1, -0.05) is 11.6 Å². The number of rotatable bonds is 5. The minimum absolute atomic E-state index is 0.152. The van der Waals surface area contributed by atoms with Crippen LogP contribution in [0.25, 0.3) is 0 Å². The van der Waals surface area contributed by atoms with Crippen molar-refractivity contribution in [3.63, 3.8) is 0 Å². The van der Waals surface area contributed by atoms with Crippen molar-refractivity contribution in [1.29, 1.82) is 0 Å². The number of benzene rings is 2. The smallest absolute Gasteiger partial charge is 0.227 e. The lowest BCUT2D eigenvalue weighted by Crippen LogP contribution is -2.16. The molecule has 0 aliphatic heterocycles. The van der Waals surface area contributed by atoms with Crippen LogP contribution in [0.5, 0.6) is 5.75 Å². The third-order valence-electron chi connectivity index (χ3n) is 2.70. The molecule has 0 atom stereocenters. The van der Waals surface area contributed by atoms with Crippen LogP contribution in [0.4, 0.5) is 15.8 Å². The molecule has 0 fully saturated rings. The number of amides is 1. The molecule has 0 saturated heterocycles. The number of nitrogens with two attached hydrogens (primary N) is 1. The summed E-state index contributed by atoms with van der Waals surface area (Å²) < 4.78 is 18.0. The summed E-state index contributed by atoms with van der Waals surface area (Å²) in [6, 6.07) is 10.4. The Kier molecular flexibility index (Phi) is 5.00. The summed E-state index contributed by atoms with van der Waals surface area (Å²) in [4.78, 5) is 11.8. The van der Waals surface area contributed by atoms with Gasteiger partial charge < -0.3 is 15.8 Å². The average Bonchev–Trinajstić information content (AvgIpc) is 2.44. The first-order valence-electron chi connectivity index (χ1n) is 6.28. The van der Waals surface area contributed by atoms with Gasteiger partial charge in [-0.15, -0.1) is 0 Å². The first-order valence-corrected chi connectivity index (χ1v) is 6.65. The Bertz CT molecular complexity index is 632. The van der Waals surface area contributed by atoms with Crippen LogP contribution >= 0.6 is 11.6 Å². The molecule has 0 radical (unpaired) electrons. The zero-order chi connectivity index (χ0) is 15.2. The molecule has 0 heterocycles. The van der Waals surface area contributed by atoms with E-state index in [0.29, 0.717) is 22.1 Å². The van der Waals surface area contributed by atoms with E-state index in [4.69, 9.17) is 22.1 Å². The predicted octanol–water partition coefficient (Wildman–Crippen LogP) is 3.47. The van der Waals surface area contributed by atoms with Gasteiger partial charge in [0.15, 0.2) is 0 Å². The first kappa shape index (κ1) is 15.1. The van der Waals surface area contributed by atoms with Crippen LogP contribution in [-0.4, -0.2) is 12.5 Å². The van der Waals surface area contributed by atoms with Crippen molar-refractivity contribution < 1.29 is 13.9 Å². The predicted molar refractivity (Wildman–Crippen MR) is 81.0 cm³/mol. The van der Waals surface area contributed by atoms with Crippen LogP contribution in [0.15, 0.2) is 42.5 Å². The highest BCUT2D eigenvalue weighted by atomic mass is 35.5. The van der Waals surface area contributed by atoms with Gasteiger partial charge in [0, 0.05) is 5.02 Å². The second-order valence-electron chi connectivity index (χ2n) is 4.33. The maximum absolute atomic E-state index is 12.7. The van der Waals surface area contributed by atoms with E-state index in [1.807, 2.05) is 0 Å².